The average molecular weight is 293 g/mol. The number of carbonyl (C=O) groups excluding carboxylic acids is 1. The van der Waals surface area contributed by atoms with E-state index in [9.17, 15) is 4.79 Å². The van der Waals surface area contributed by atoms with Crippen LogP contribution in [0.2, 0.25) is 0 Å². The predicted molar refractivity (Wildman–Crippen MR) is 80.6 cm³/mol. The normalized spacial score (nSPS) is 16.2. The van der Waals surface area contributed by atoms with E-state index in [1.165, 1.54) is 7.11 Å². The Labute approximate surface area is 125 Å². The van der Waals surface area contributed by atoms with Gasteiger partial charge in [-0.05, 0) is 24.5 Å². The van der Waals surface area contributed by atoms with Gasteiger partial charge in [-0.3, -0.25) is 0 Å². The number of anilines is 1. The molecule has 21 heavy (non-hydrogen) atoms. The van der Waals surface area contributed by atoms with Crippen molar-refractivity contribution in [2.24, 2.45) is 5.92 Å². The van der Waals surface area contributed by atoms with Crippen LogP contribution in [0.3, 0.4) is 0 Å². The van der Waals surface area contributed by atoms with Gasteiger partial charge < -0.3 is 19.5 Å². The maximum Gasteiger partial charge on any atom is 0.328 e. The standard InChI is InChI=1S/C16H23NO4/c1-11(2)8-14(16(18)19-3)17-13-6-4-5-7-15(13)21-12-9-20-10-12/h4-7,11-12,14,17H,8-10H2,1-3H3. The lowest BCUT2D eigenvalue weighted by atomic mass is 10.0. The van der Waals surface area contributed by atoms with E-state index in [1.54, 1.807) is 0 Å². The SMILES string of the molecule is COC(=O)C(CC(C)C)Nc1ccccc1OC1COC1. The van der Waals surface area contributed by atoms with Gasteiger partial charge in [0.2, 0.25) is 0 Å². The lowest BCUT2D eigenvalue weighted by molar-refractivity contribution is -0.141. The summed E-state index contributed by atoms with van der Waals surface area (Å²) in [4.78, 5) is 11.9. The van der Waals surface area contributed by atoms with E-state index in [0.29, 0.717) is 25.6 Å². The van der Waals surface area contributed by atoms with Gasteiger partial charge in [-0.25, -0.2) is 4.79 Å². The third kappa shape index (κ3) is 4.36. The molecule has 5 nitrogen and oxygen atoms in total. The van der Waals surface area contributed by atoms with Crippen LogP contribution < -0.4 is 10.1 Å². The number of esters is 1. The smallest absolute Gasteiger partial charge is 0.328 e. The Bertz CT molecular complexity index is 471. The first kappa shape index (κ1) is 15.6. The first-order valence-electron chi connectivity index (χ1n) is 7.28. The van der Waals surface area contributed by atoms with E-state index >= 15 is 0 Å². The molecule has 1 aliphatic rings. The largest absolute Gasteiger partial charge is 0.483 e. The molecule has 5 heteroatoms. The summed E-state index contributed by atoms with van der Waals surface area (Å²) in [7, 11) is 1.41. The zero-order valence-electron chi connectivity index (χ0n) is 12.8. The van der Waals surface area contributed by atoms with Crippen LogP contribution in [-0.4, -0.2) is 38.4 Å². The van der Waals surface area contributed by atoms with Gasteiger partial charge in [-0.2, -0.15) is 0 Å². The van der Waals surface area contributed by atoms with Crippen molar-refractivity contribution in [3.05, 3.63) is 24.3 Å². The Balaban J connectivity index is 2.09. The van der Waals surface area contributed by atoms with Gasteiger partial charge in [-0.15, -0.1) is 0 Å². The summed E-state index contributed by atoms with van der Waals surface area (Å²) >= 11 is 0. The average Bonchev–Trinajstić information content (AvgIpc) is 2.42. The molecule has 0 saturated carbocycles. The molecule has 0 amide bonds. The quantitative estimate of drug-likeness (QED) is 0.783. The van der Waals surface area contributed by atoms with Crippen molar-refractivity contribution in [3.8, 4) is 5.75 Å². The van der Waals surface area contributed by atoms with Crippen molar-refractivity contribution in [1.29, 1.82) is 0 Å². The Morgan fingerprint density at radius 1 is 1.38 bits per heavy atom. The van der Waals surface area contributed by atoms with Gasteiger partial charge in [0.15, 0.2) is 0 Å². The van der Waals surface area contributed by atoms with E-state index < -0.39 is 0 Å². The van der Waals surface area contributed by atoms with E-state index in [0.717, 1.165) is 11.4 Å². The second-order valence-electron chi connectivity index (χ2n) is 5.62. The first-order chi connectivity index (χ1) is 10.1. The zero-order valence-corrected chi connectivity index (χ0v) is 12.8. The van der Waals surface area contributed by atoms with Crippen molar-refractivity contribution in [2.45, 2.75) is 32.4 Å². The molecule has 1 aliphatic heterocycles. The number of rotatable bonds is 7. The fourth-order valence-corrected chi connectivity index (χ4v) is 2.17. The van der Waals surface area contributed by atoms with Gasteiger partial charge in [-0.1, -0.05) is 26.0 Å². The molecule has 1 unspecified atom stereocenters. The Morgan fingerprint density at radius 3 is 2.67 bits per heavy atom. The van der Waals surface area contributed by atoms with Crippen LogP contribution in [0.1, 0.15) is 20.3 Å². The Kier molecular flexibility index (Phi) is 5.44. The molecule has 0 aromatic heterocycles. The molecule has 1 fully saturated rings. The molecular formula is C16H23NO4. The number of benzene rings is 1. The van der Waals surface area contributed by atoms with Crippen molar-refractivity contribution >= 4 is 11.7 Å². The highest BCUT2D eigenvalue weighted by Gasteiger charge is 2.24. The number of carbonyl (C=O) groups is 1. The van der Waals surface area contributed by atoms with Crippen LogP contribution in [0.25, 0.3) is 0 Å². The fourth-order valence-electron chi connectivity index (χ4n) is 2.17. The highest BCUT2D eigenvalue weighted by Crippen LogP contribution is 2.28. The number of hydrogen-bond acceptors (Lipinski definition) is 5. The predicted octanol–water partition coefficient (Wildman–Crippen LogP) is 2.46. The lowest BCUT2D eigenvalue weighted by Crippen LogP contribution is -2.39. The topological polar surface area (TPSA) is 56.8 Å². The van der Waals surface area contributed by atoms with E-state index in [-0.39, 0.29) is 18.1 Å². The fraction of sp³-hybridized carbons (Fsp3) is 0.562. The summed E-state index contributed by atoms with van der Waals surface area (Å²) in [5.41, 5.74) is 0.806. The molecule has 0 spiro atoms. The van der Waals surface area contributed by atoms with E-state index in [2.05, 4.69) is 19.2 Å². The van der Waals surface area contributed by atoms with E-state index in [4.69, 9.17) is 14.2 Å². The Morgan fingerprint density at radius 2 is 2.10 bits per heavy atom. The number of para-hydroxylation sites is 2. The van der Waals surface area contributed by atoms with Gasteiger partial charge in [0, 0.05) is 0 Å². The third-order valence-corrected chi connectivity index (χ3v) is 3.31. The summed E-state index contributed by atoms with van der Waals surface area (Å²) in [6.45, 7) is 5.37. The van der Waals surface area contributed by atoms with Crippen molar-refractivity contribution in [1.82, 2.24) is 0 Å². The Hall–Kier alpha value is -1.75. The molecule has 0 aliphatic carbocycles. The number of hydrogen-bond donors (Lipinski definition) is 1. The van der Waals surface area contributed by atoms with Crippen molar-refractivity contribution < 1.29 is 19.0 Å². The summed E-state index contributed by atoms with van der Waals surface area (Å²) in [5.74, 6) is 0.864. The minimum atomic E-state index is -0.377. The molecule has 1 aromatic rings. The second kappa shape index (κ2) is 7.31. The van der Waals surface area contributed by atoms with Gasteiger partial charge in [0.05, 0.1) is 26.0 Å². The van der Waals surface area contributed by atoms with Crippen LogP contribution in [0.15, 0.2) is 24.3 Å². The number of methoxy groups -OCH3 is 1. The van der Waals surface area contributed by atoms with Crippen LogP contribution in [0, 0.1) is 5.92 Å². The molecule has 1 heterocycles. The minimum Gasteiger partial charge on any atom is -0.483 e. The molecule has 116 valence electrons. The highest BCUT2D eigenvalue weighted by atomic mass is 16.6. The first-order valence-corrected chi connectivity index (χ1v) is 7.28. The summed E-state index contributed by atoms with van der Waals surface area (Å²) in [6.07, 6.45) is 0.794. The van der Waals surface area contributed by atoms with Crippen LogP contribution >= 0.6 is 0 Å². The lowest BCUT2D eigenvalue weighted by Gasteiger charge is -2.28. The van der Waals surface area contributed by atoms with Crippen molar-refractivity contribution in [3.63, 3.8) is 0 Å². The molecule has 0 radical (unpaired) electrons. The number of ether oxygens (including phenoxy) is 3. The van der Waals surface area contributed by atoms with Gasteiger partial charge in [0.1, 0.15) is 17.9 Å². The zero-order chi connectivity index (χ0) is 15.2. The van der Waals surface area contributed by atoms with Crippen LogP contribution in [0.4, 0.5) is 5.69 Å². The maximum atomic E-state index is 11.9. The molecule has 1 aromatic carbocycles. The molecule has 0 bridgehead atoms. The van der Waals surface area contributed by atoms with Crippen LogP contribution in [0.5, 0.6) is 5.75 Å². The van der Waals surface area contributed by atoms with E-state index in [1.807, 2.05) is 24.3 Å². The third-order valence-electron chi connectivity index (χ3n) is 3.31. The molecule has 1 atom stereocenters. The molecule has 1 saturated heterocycles. The van der Waals surface area contributed by atoms with Crippen molar-refractivity contribution in [2.75, 3.05) is 25.6 Å². The highest BCUT2D eigenvalue weighted by molar-refractivity contribution is 5.80. The number of nitrogens with one attached hydrogen (secondary N) is 1. The molecular weight excluding hydrogens is 270 g/mol. The monoisotopic (exact) mass is 293 g/mol. The molecule has 2 rings (SSSR count). The summed E-state index contributed by atoms with van der Waals surface area (Å²) < 4.78 is 15.9. The maximum absolute atomic E-state index is 11.9. The minimum absolute atomic E-state index is 0.0922. The summed E-state index contributed by atoms with van der Waals surface area (Å²) in [6, 6.07) is 7.25. The second-order valence-corrected chi connectivity index (χ2v) is 5.62. The molecule has 1 N–H and O–H groups in total. The van der Waals surface area contributed by atoms with Gasteiger partial charge in [0.25, 0.3) is 0 Å². The van der Waals surface area contributed by atoms with Crippen LogP contribution in [-0.2, 0) is 14.3 Å². The van der Waals surface area contributed by atoms with Gasteiger partial charge >= 0.3 is 5.97 Å². The summed E-state index contributed by atoms with van der Waals surface area (Å²) in [5, 5.41) is 3.24.